The first-order valence-corrected chi connectivity index (χ1v) is 7.12. The second-order valence-corrected chi connectivity index (χ2v) is 4.37. The van der Waals surface area contributed by atoms with E-state index in [-0.39, 0.29) is 5.97 Å². The Kier molecular flexibility index (Phi) is 16.0. The van der Waals surface area contributed by atoms with Crippen molar-refractivity contribution >= 4 is 11.9 Å². The van der Waals surface area contributed by atoms with Crippen molar-refractivity contribution in [2.75, 3.05) is 7.11 Å². The molecule has 0 spiro atoms. The van der Waals surface area contributed by atoms with Gasteiger partial charge in [-0.25, -0.2) is 9.59 Å². The van der Waals surface area contributed by atoms with Gasteiger partial charge in [0.1, 0.15) is 0 Å². The van der Waals surface area contributed by atoms with Crippen molar-refractivity contribution in [3.63, 3.8) is 0 Å². The van der Waals surface area contributed by atoms with Crippen molar-refractivity contribution < 1.29 is 19.4 Å². The van der Waals surface area contributed by atoms with Gasteiger partial charge in [0.2, 0.25) is 0 Å². The largest absolute Gasteiger partial charge is 0.478 e. The van der Waals surface area contributed by atoms with Gasteiger partial charge in [0.15, 0.2) is 0 Å². The predicted octanol–water partition coefficient (Wildman–Crippen LogP) is 4.11. The molecule has 0 aromatic carbocycles. The zero-order valence-corrected chi connectivity index (χ0v) is 13.0. The molecule has 0 radical (unpaired) electrons. The lowest BCUT2D eigenvalue weighted by molar-refractivity contribution is -0.136. The van der Waals surface area contributed by atoms with Crippen molar-refractivity contribution in [2.24, 2.45) is 0 Å². The van der Waals surface area contributed by atoms with Crippen LogP contribution in [0.25, 0.3) is 0 Å². The van der Waals surface area contributed by atoms with Crippen molar-refractivity contribution in [3.8, 4) is 0 Å². The highest BCUT2D eigenvalue weighted by Gasteiger charge is 2.06. The lowest BCUT2D eigenvalue weighted by Crippen LogP contribution is -2.04. The van der Waals surface area contributed by atoms with E-state index in [2.05, 4.69) is 13.5 Å². The first-order valence-electron chi connectivity index (χ1n) is 7.12. The molecular weight excluding hydrogens is 256 g/mol. The third kappa shape index (κ3) is 14.5. The van der Waals surface area contributed by atoms with Crippen molar-refractivity contribution in [1.82, 2.24) is 0 Å². The summed E-state index contributed by atoms with van der Waals surface area (Å²) in [5.41, 5.74) is 0.813. The number of aliphatic carboxylic acids is 1. The van der Waals surface area contributed by atoms with Crippen LogP contribution in [0.4, 0.5) is 0 Å². The van der Waals surface area contributed by atoms with Crippen LogP contribution in [0.2, 0.25) is 0 Å². The van der Waals surface area contributed by atoms with Gasteiger partial charge < -0.3 is 9.84 Å². The molecule has 0 aliphatic rings. The van der Waals surface area contributed by atoms with E-state index in [0.29, 0.717) is 0 Å². The van der Waals surface area contributed by atoms with Gasteiger partial charge in [-0.1, -0.05) is 51.7 Å². The van der Waals surface area contributed by atoms with Gasteiger partial charge in [0.25, 0.3) is 0 Å². The highest BCUT2D eigenvalue weighted by atomic mass is 16.5. The van der Waals surface area contributed by atoms with Crippen LogP contribution in [0.5, 0.6) is 0 Å². The van der Waals surface area contributed by atoms with Gasteiger partial charge in [-0.15, -0.1) is 0 Å². The molecule has 0 aliphatic carbocycles. The maximum Gasteiger partial charge on any atom is 0.333 e. The molecule has 4 nitrogen and oxygen atoms in total. The Balaban J connectivity index is 0. The van der Waals surface area contributed by atoms with Gasteiger partial charge in [-0.2, -0.15) is 0 Å². The molecule has 20 heavy (non-hydrogen) atoms. The summed E-state index contributed by atoms with van der Waals surface area (Å²) in [6.07, 6.45) is 11.1. The van der Waals surface area contributed by atoms with E-state index in [4.69, 9.17) is 9.84 Å². The Morgan fingerprint density at radius 3 is 2.05 bits per heavy atom. The Morgan fingerprint density at radius 2 is 1.65 bits per heavy atom. The maximum absolute atomic E-state index is 11.2. The van der Waals surface area contributed by atoms with Gasteiger partial charge in [-0.05, 0) is 19.8 Å². The summed E-state index contributed by atoms with van der Waals surface area (Å²) in [5, 5.41) is 7.60. The maximum atomic E-state index is 11.2. The lowest BCUT2D eigenvalue weighted by atomic mass is 10.1. The molecule has 0 amide bonds. The Labute approximate surface area is 122 Å². The lowest BCUT2D eigenvalue weighted by Gasteiger charge is -2.04. The van der Waals surface area contributed by atoms with Gasteiger partial charge in [0.05, 0.1) is 7.11 Å². The van der Waals surface area contributed by atoms with Gasteiger partial charge in [0, 0.05) is 11.6 Å². The van der Waals surface area contributed by atoms with Crippen LogP contribution in [0, 0.1) is 0 Å². The second-order valence-electron chi connectivity index (χ2n) is 4.37. The van der Waals surface area contributed by atoms with Gasteiger partial charge in [-0.3, -0.25) is 0 Å². The molecule has 0 saturated heterocycles. The average molecular weight is 284 g/mol. The number of allylic oxidation sites excluding steroid dienone is 1. The minimum atomic E-state index is -0.981. The molecule has 0 unspecified atom stereocenters. The normalized spacial score (nSPS) is 10.2. The van der Waals surface area contributed by atoms with Crippen molar-refractivity contribution in [2.45, 2.75) is 58.8 Å². The summed E-state index contributed by atoms with van der Waals surface area (Å²) < 4.78 is 4.69. The second kappa shape index (κ2) is 15.5. The number of methoxy groups -OCH3 is 1. The van der Waals surface area contributed by atoms with Crippen LogP contribution < -0.4 is 0 Å². The number of carbonyl (C=O) groups excluding carboxylic acids is 1. The van der Waals surface area contributed by atoms with E-state index in [9.17, 15) is 9.59 Å². The fourth-order valence-electron chi connectivity index (χ4n) is 1.59. The van der Waals surface area contributed by atoms with Crippen LogP contribution in [-0.4, -0.2) is 24.2 Å². The molecule has 0 aliphatic heterocycles. The first kappa shape index (κ1) is 20.7. The third-order valence-electron chi connectivity index (χ3n) is 2.77. The number of rotatable bonds is 9. The van der Waals surface area contributed by atoms with Gasteiger partial charge >= 0.3 is 11.9 Å². The molecule has 116 valence electrons. The number of ether oxygens (including phenoxy) is 1. The average Bonchev–Trinajstić information content (AvgIpc) is 2.46. The molecule has 0 rings (SSSR count). The van der Waals surface area contributed by atoms with E-state index in [1.807, 2.05) is 13.0 Å². The zero-order chi connectivity index (χ0) is 15.8. The molecule has 0 atom stereocenters. The number of unbranched alkanes of at least 4 members (excludes halogenated alkanes) is 5. The van der Waals surface area contributed by atoms with Crippen molar-refractivity contribution in [1.29, 1.82) is 0 Å². The zero-order valence-electron chi connectivity index (χ0n) is 13.0. The molecule has 0 aromatic heterocycles. The number of carboxylic acids is 1. The molecule has 0 bridgehead atoms. The molecule has 0 saturated carbocycles. The summed E-state index contributed by atoms with van der Waals surface area (Å²) >= 11 is 0. The van der Waals surface area contributed by atoms with E-state index < -0.39 is 5.97 Å². The Morgan fingerprint density at radius 1 is 1.15 bits per heavy atom. The monoisotopic (exact) mass is 284 g/mol. The molecule has 0 fully saturated rings. The van der Waals surface area contributed by atoms with E-state index in [0.717, 1.165) is 24.5 Å². The summed E-state index contributed by atoms with van der Waals surface area (Å²) in [6.45, 7) is 7.07. The smallest absolute Gasteiger partial charge is 0.333 e. The summed E-state index contributed by atoms with van der Waals surface area (Å²) in [7, 11) is 1.44. The number of hydrogen-bond donors (Lipinski definition) is 1. The topological polar surface area (TPSA) is 63.6 Å². The number of esters is 1. The molecule has 0 heterocycles. The summed E-state index contributed by atoms with van der Waals surface area (Å²) in [6, 6.07) is 0. The van der Waals surface area contributed by atoms with E-state index in [1.54, 1.807) is 0 Å². The highest BCUT2D eigenvalue weighted by molar-refractivity contribution is 5.88. The summed E-state index contributed by atoms with van der Waals surface area (Å²) in [4.78, 5) is 20.5. The first-order chi connectivity index (χ1) is 9.53. The standard InChI is InChI=1S/C13H24O2.C3H4O2/c1-4-6-7-8-9-10-11-12(5-2)13(14)15-3;1-2-3(4)5/h5H,4,6-11H2,1-3H3;2H,1H2,(H,4,5). The fraction of sp³-hybridized carbons (Fsp3) is 0.625. The van der Waals surface area contributed by atoms with Crippen LogP contribution in [0.15, 0.2) is 24.3 Å². The Bertz CT molecular complexity index is 306. The number of carboxylic acid groups (broad SMARTS) is 1. The number of carbonyl (C=O) groups is 2. The van der Waals surface area contributed by atoms with Crippen LogP contribution >= 0.6 is 0 Å². The molecule has 1 N–H and O–H groups in total. The van der Waals surface area contributed by atoms with E-state index in [1.165, 1.54) is 39.2 Å². The van der Waals surface area contributed by atoms with Crippen LogP contribution in [0.1, 0.15) is 58.8 Å². The molecule has 4 heteroatoms. The molecule has 0 aromatic rings. The molecular formula is C16H28O4. The highest BCUT2D eigenvalue weighted by Crippen LogP contribution is 2.12. The summed E-state index contributed by atoms with van der Waals surface area (Å²) in [5.74, 6) is -1.16. The van der Waals surface area contributed by atoms with Crippen LogP contribution in [0.3, 0.4) is 0 Å². The predicted molar refractivity (Wildman–Crippen MR) is 81.6 cm³/mol. The minimum absolute atomic E-state index is 0.175. The van der Waals surface area contributed by atoms with E-state index >= 15 is 0 Å². The van der Waals surface area contributed by atoms with Crippen molar-refractivity contribution in [3.05, 3.63) is 24.3 Å². The quantitative estimate of drug-likeness (QED) is 0.393. The minimum Gasteiger partial charge on any atom is -0.478 e. The fourth-order valence-corrected chi connectivity index (χ4v) is 1.59. The third-order valence-corrected chi connectivity index (χ3v) is 2.77. The number of hydrogen-bond acceptors (Lipinski definition) is 3. The van der Waals surface area contributed by atoms with Crippen LogP contribution in [-0.2, 0) is 14.3 Å². The Hall–Kier alpha value is -1.58. The SMILES string of the molecule is C=CC(=O)O.CC=C(CCCCCCCC)C(=O)OC.